The maximum Gasteiger partial charge on any atom is 0.325 e. The van der Waals surface area contributed by atoms with Crippen molar-refractivity contribution in [2.45, 2.75) is 32.2 Å². The molecule has 0 radical (unpaired) electrons. The Kier molecular flexibility index (Phi) is 3.94. The number of nitrogens with zero attached hydrogens (tertiary/aromatic N) is 1. The van der Waals surface area contributed by atoms with Crippen LogP contribution in [0, 0.1) is 0 Å². The predicted molar refractivity (Wildman–Crippen MR) is 76.6 cm³/mol. The molecule has 19 heavy (non-hydrogen) atoms. The Morgan fingerprint density at radius 3 is 2.47 bits per heavy atom. The fourth-order valence-electron chi connectivity index (χ4n) is 2.20. The molecule has 1 N–H and O–H groups in total. The van der Waals surface area contributed by atoms with Crippen molar-refractivity contribution in [2.75, 3.05) is 6.54 Å². The molecular weight excluding hydrogens is 308 g/mol. The zero-order valence-corrected chi connectivity index (χ0v) is 12.7. The monoisotopic (exact) mass is 324 g/mol. The lowest BCUT2D eigenvalue weighted by Crippen LogP contribution is -2.40. The van der Waals surface area contributed by atoms with Crippen molar-refractivity contribution in [2.24, 2.45) is 0 Å². The highest BCUT2D eigenvalue weighted by Crippen LogP contribution is 2.29. The number of benzene rings is 1. The number of urea groups is 1. The number of hydrogen-bond acceptors (Lipinski definition) is 2. The van der Waals surface area contributed by atoms with Crippen molar-refractivity contribution in [3.05, 3.63) is 34.3 Å². The summed E-state index contributed by atoms with van der Waals surface area (Å²) in [5.41, 5.74) is -0.154. The lowest BCUT2D eigenvalue weighted by molar-refractivity contribution is -0.131. The summed E-state index contributed by atoms with van der Waals surface area (Å²) in [4.78, 5) is 25.7. The zero-order valence-electron chi connectivity index (χ0n) is 11.1. The highest BCUT2D eigenvalue weighted by atomic mass is 79.9. The van der Waals surface area contributed by atoms with Gasteiger partial charge in [0.1, 0.15) is 5.54 Å². The smallest absolute Gasteiger partial charge is 0.319 e. The van der Waals surface area contributed by atoms with E-state index in [9.17, 15) is 9.59 Å². The van der Waals surface area contributed by atoms with Gasteiger partial charge < -0.3 is 5.32 Å². The second-order valence-corrected chi connectivity index (χ2v) is 5.79. The van der Waals surface area contributed by atoms with Gasteiger partial charge in [-0.1, -0.05) is 41.4 Å². The van der Waals surface area contributed by atoms with Crippen molar-refractivity contribution in [3.8, 4) is 0 Å². The van der Waals surface area contributed by atoms with Crippen LogP contribution in [0.3, 0.4) is 0 Å². The van der Waals surface area contributed by atoms with Gasteiger partial charge in [0, 0.05) is 11.0 Å². The third-order valence-electron chi connectivity index (χ3n) is 3.43. The van der Waals surface area contributed by atoms with E-state index in [0.717, 1.165) is 22.9 Å². The Hall–Kier alpha value is -1.36. The first-order valence-electron chi connectivity index (χ1n) is 6.39. The van der Waals surface area contributed by atoms with Crippen molar-refractivity contribution < 1.29 is 9.59 Å². The second kappa shape index (κ2) is 5.33. The molecule has 1 saturated heterocycles. The molecule has 1 unspecified atom stereocenters. The molecule has 3 amide bonds. The number of unbranched alkanes of at least 4 members (excludes halogenated alkanes) is 1. The van der Waals surface area contributed by atoms with E-state index < -0.39 is 5.54 Å². The highest BCUT2D eigenvalue weighted by molar-refractivity contribution is 9.10. The Balaban J connectivity index is 2.27. The molecule has 0 saturated carbocycles. The first kappa shape index (κ1) is 14.1. The molecule has 0 aliphatic carbocycles. The van der Waals surface area contributed by atoms with E-state index in [1.165, 1.54) is 4.90 Å². The van der Waals surface area contributed by atoms with E-state index in [1.807, 2.05) is 31.2 Å². The largest absolute Gasteiger partial charge is 0.325 e. The van der Waals surface area contributed by atoms with Gasteiger partial charge in [-0.05, 0) is 31.0 Å². The summed E-state index contributed by atoms with van der Waals surface area (Å²) < 4.78 is 0.944. The summed E-state index contributed by atoms with van der Waals surface area (Å²) in [6, 6.07) is 7.14. The quantitative estimate of drug-likeness (QED) is 0.865. The Labute approximate surface area is 121 Å². The Bertz CT molecular complexity index is 501. The summed E-state index contributed by atoms with van der Waals surface area (Å²) in [6.45, 7) is 4.27. The number of rotatable bonds is 4. The van der Waals surface area contributed by atoms with Crippen LogP contribution in [0.4, 0.5) is 4.79 Å². The molecule has 1 aromatic carbocycles. The van der Waals surface area contributed by atoms with Crippen LogP contribution in [0.15, 0.2) is 28.7 Å². The van der Waals surface area contributed by atoms with Crippen LogP contribution in [0.5, 0.6) is 0 Å². The highest BCUT2D eigenvalue weighted by Gasteiger charge is 2.48. The molecule has 1 aliphatic heterocycles. The molecule has 4 nitrogen and oxygen atoms in total. The number of carbonyl (C=O) groups excluding carboxylic acids is 2. The predicted octanol–water partition coefficient (Wildman–Crippen LogP) is 3.02. The van der Waals surface area contributed by atoms with Crippen molar-refractivity contribution in [1.29, 1.82) is 0 Å². The standard InChI is InChI=1S/C14H17BrN2O2/c1-3-4-9-17-12(18)14(2,16-13(17)19)10-5-7-11(15)8-6-10/h5-8H,3-4,9H2,1-2H3,(H,16,19). The molecule has 1 aromatic rings. The molecule has 1 atom stereocenters. The summed E-state index contributed by atoms with van der Waals surface area (Å²) in [5, 5.41) is 2.80. The SMILES string of the molecule is CCCCN1C(=O)NC(C)(c2ccc(Br)cc2)C1=O. The van der Waals surface area contributed by atoms with Gasteiger partial charge in [-0.2, -0.15) is 0 Å². The summed E-state index contributed by atoms with van der Waals surface area (Å²) in [7, 11) is 0. The molecule has 1 heterocycles. The van der Waals surface area contributed by atoms with Crippen LogP contribution in [0.2, 0.25) is 0 Å². The van der Waals surface area contributed by atoms with Crippen LogP contribution >= 0.6 is 15.9 Å². The lowest BCUT2D eigenvalue weighted by atomic mass is 9.92. The second-order valence-electron chi connectivity index (χ2n) is 4.87. The van der Waals surface area contributed by atoms with E-state index in [2.05, 4.69) is 21.2 Å². The van der Waals surface area contributed by atoms with Crippen molar-refractivity contribution >= 4 is 27.9 Å². The number of hydrogen-bond donors (Lipinski definition) is 1. The van der Waals surface area contributed by atoms with Gasteiger partial charge in [0.2, 0.25) is 0 Å². The van der Waals surface area contributed by atoms with E-state index >= 15 is 0 Å². The average molecular weight is 325 g/mol. The molecular formula is C14H17BrN2O2. The summed E-state index contributed by atoms with van der Waals surface area (Å²) >= 11 is 3.36. The van der Waals surface area contributed by atoms with Gasteiger partial charge in [0.25, 0.3) is 5.91 Å². The van der Waals surface area contributed by atoms with E-state index in [1.54, 1.807) is 6.92 Å². The fourth-order valence-corrected chi connectivity index (χ4v) is 2.46. The first-order chi connectivity index (χ1) is 8.99. The molecule has 0 bridgehead atoms. The van der Waals surface area contributed by atoms with Gasteiger partial charge >= 0.3 is 6.03 Å². The molecule has 0 spiro atoms. The molecule has 1 aliphatic rings. The van der Waals surface area contributed by atoms with Crippen LogP contribution in [-0.2, 0) is 10.3 Å². The van der Waals surface area contributed by atoms with Crippen LogP contribution in [0.1, 0.15) is 32.3 Å². The normalized spacial score (nSPS) is 22.8. The first-order valence-corrected chi connectivity index (χ1v) is 7.18. The Morgan fingerprint density at radius 2 is 1.89 bits per heavy atom. The topological polar surface area (TPSA) is 49.4 Å². The average Bonchev–Trinajstić information content (AvgIpc) is 2.60. The van der Waals surface area contributed by atoms with E-state index in [0.29, 0.717) is 6.54 Å². The molecule has 1 fully saturated rings. The van der Waals surface area contributed by atoms with Gasteiger partial charge in [0.15, 0.2) is 0 Å². The van der Waals surface area contributed by atoms with Gasteiger partial charge in [0.05, 0.1) is 0 Å². The van der Waals surface area contributed by atoms with E-state index in [-0.39, 0.29) is 11.9 Å². The van der Waals surface area contributed by atoms with Crippen molar-refractivity contribution in [3.63, 3.8) is 0 Å². The number of carbonyl (C=O) groups is 2. The third kappa shape index (κ3) is 2.52. The van der Waals surface area contributed by atoms with E-state index in [4.69, 9.17) is 0 Å². The van der Waals surface area contributed by atoms with Crippen LogP contribution in [0.25, 0.3) is 0 Å². The zero-order chi connectivity index (χ0) is 14.0. The maximum atomic E-state index is 12.5. The maximum absolute atomic E-state index is 12.5. The molecule has 2 rings (SSSR count). The minimum Gasteiger partial charge on any atom is -0.319 e. The summed E-state index contributed by atoms with van der Waals surface area (Å²) in [6.07, 6.45) is 1.78. The Morgan fingerprint density at radius 1 is 1.26 bits per heavy atom. The lowest BCUT2D eigenvalue weighted by Gasteiger charge is -2.22. The van der Waals surface area contributed by atoms with Gasteiger partial charge in [-0.25, -0.2) is 4.79 Å². The van der Waals surface area contributed by atoms with Crippen LogP contribution < -0.4 is 5.32 Å². The number of imide groups is 1. The minimum atomic E-state index is -0.953. The van der Waals surface area contributed by atoms with Gasteiger partial charge in [-0.3, -0.25) is 9.69 Å². The van der Waals surface area contributed by atoms with Gasteiger partial charge in [-0.15, -0.1) is 0 Å². The summed E-state index contributed by atoms with van der Waals surface area (Å²) in [5.74, 6) is -0.173. The third-order valence-corrected chi connectivity index (χ3v) is 3.96. The minimum absolute atomic E-state index is 0.173. The number of amides is 3. The molecule has 0 aromatic heterocycles. The fraction of sp³-hybridized carbons (Fsp3) is 0.429. The molecule has 5 heteroatoms. The van der Waals surface area contributed by atoms with Crippen LogP contribution in [-0.4, -0.2) is 23.4 Å². The molecule has 102 valence electrons. The number of nitrogens with one attached hydrogen (secondary N) is 1. The van der Waals surface area contributed by atoms with Crippen molar-refractivity contribution in [1.82, 2.24) is 10.2 Å². The number of halogens is 1.